The Morgan fingerprint density at radius 1 is 1.50 bits per heavy atom. The van der Waals surface area contributed by atoms with Gasteiger partial charge in [0.25, 0.3) is 0 Å². The van der Waals surface area contributed by atoms with Crippen molar-refractivity contribution in [2.24, 2.45) is 0 Å². The van der Waals surface area contributed by atoms with Crippen LogP contribution in [0.1, 0.15) is 15.4 Å². The Morgan fingerprint density at radius 3 is 3.00 bits per heavy atom. The van der Waals surface area contributed by atoms with Crippen molar-refractivity contribution in [3.05, 3.63) is 36.9 Å². The third-order valence-corrected chi connectivity index (χ3v) is 4.66. The van der Waals surface area contributed by atoms with Gasteiger partial charge in [0.05, 0.1) is 8.79 Å². The van der Waals surface area contributed by atoms with Crippen LogP contribution in [0, 0.1) is 6.92 Å². The number of hydrogen-bond donors (Lipinski definition) is 1. The number of nitrogens with zero attached hydrogens (tertiary/aromatic N) is 1. The molecule has 1 N–H and O–H groups in total. The van der Waals surface area contributed by atoms with Gasteiger partial charge in [-0.2, -0.15) is 0 Å². The van der Waals surface area contributed by atoms with Crippen molar-refractivity contribution in [2.45, 2.75) is 19.9 Å². The lowest BCUT2D eigenvalue weighted by Crippen LogP contribution is -2.16. The second kappa shape index (κ2) is 5.91. The van der Waals surface area contributed by atoms with Crippen LogP contribution in [-0.4, -0.2) is 11.5 Å². The molecule has 0 atom stereocenters. The van der Waals surface area contributed by atoms with E-state index in [1.165, 1.54) is 19.2 Å². The molecule has 0 amide bonds. The minimum atomic E-state index is 0.937. The molecule has 2 aromatic rings. The highest BCUT2D eigenvalue weighted by molar-refractivity contribution is 9.11. The molecule has 0 spiro atoms. The van der Waals surface area contributed by atoms with Crippen LogP contribution in [0.2, 0.25) is 0 Å². The molecule has 2 heterocycles. The molecule has 0 aliphatic rings. The Morgan fingerprint density at radius 2 is 2.38 bits per heavy atom. The maximum Gasteiger partial charge on any atom is 0.0940 e. The van der Waals surface area contributed by atoms with Gasteiger partial charge in [-0.25, -0.2) is 4.98 Å². The Balaban J connectivity index is 1.69. The summed E-state index contributed by atoms with van der Waals surface area (Å²) in [6.07, 6.45) is 2.96. The molecule has 0 saturated heterocycles. The van der Waals surface area contributed by atoms with Crippen LogP contribution in [-0.2, 0) is 13.0 Å². The highest BCUT2D eigenvalue weighted by Gasteiger charge is 1.99. The van der Waals surface area contributed by atoms with Gasteiger partial charge in [0, 0.05) is 30.6 Å². The number of thiophene rings is 1. The number of hydrogen-bond acceptors (Lipinski definition) is 4. The lowest BCUT2D eigenvalue weighted by atomic mass is 10.3. The average molecular weight is 317 g/mol. The fourth-order valence-corrected chi connectivity index (χ4v) is 3.38. The number of aryl methyl sites for hydroxylation is 1. The summed E-state index contributed by atoms with van der Waals surface area (Å²) >= 11 is 6.97. The van der Waals surface area contributed by atoms with Crippen LogP contribution in [0.4, 0.5) is 0 Å². The zero-order valence-electron chi connectivity index (χ0n) is 9.00. The molecule has 2 nitrogen and oxygen atoms in total. The highest BCUT2D eigenvalue weighted by atomic mass is 79.9. The standard InChI is InChI=1S/C11H13BrN2S2/c1-8-5-14-11(16-8)2-3-13-6-9-4-10(12)15-7-9/h4-5,7,13H,2-3,6H2,1H3. The van der Waals surface area contributed by atoms with E-state index in [1.807, 2.05) is 6.20 Å². The van der Waals surface area contributed by atoms with Crippen LogP contribution in [0.25, 0.3) is 0 Å². The van der Waals surface area contributed by atoms with E-state index in [0.717, 1.165) is 19.5 Å². The molecular formula is C11H13BrN2S2. The zero-order chi connectivity index (χ0) is 11.4. The number of aromatic nitrogens is 1. The van der Waals surface area contributed by atoms with Crippen molar-refractivity contribution in [2.75, 3.05) is 6.54 Å². The maximum absolute atomic E-state index is 4.34. The van der Waals surface area contributed by atoms with Gasteiger partial charge >= 0.3 is 0 Å². The van der Waals surface area contributed by atoms with Gasteiger partial charge in [-0.05, 0) is 39.9 Å². The molecule has 2 aromatic heterocycles. The summed E-state index contributed by atoms with van der Waals surface area (Å²) in [6, 6.07) is 2.16. The van der Waals surface area contributed by atoms with Crippen molar-refractivity contribution in [1.29, 1.82) is 0 Å². The van der Waals surface area contributed by atoms with E-state index in [0.29, 0.717) is 0 Å². The van der Waals surface area contributed by atoms with Gasteiger partial charge in [0.2, 0.25) is 0 Å². The molecular weight excluding hydrogens is 304 g/mol. The molecule has 0 radical (unpaired) electrons. The van der Waals surface area contributed by atoms with Crippen LogP contribution >= 0.6 is 38.6 Å². The van der Waals surface area contributed by atoms with Gasteiger partial charge in [0.15, 0.2) is 0 Å². The smallest absolute Gasteiger partial charge is 0.0940 e. The predicted molar refractivity (Wildman–Crippen MR) is 74.3 cm³/mol. The Hall–Kier alpha value is -0.230. The van der Waals surface area contributed by atoms with Crippen LogP contribution in [0.3, 0.4) is 0 Å². The normalized spacial score (nSPS) is 10.9. The predicted octanol–water partition coefficient (Wildman–Crippen LogP) is 3.61. The minimum absolute atomic E-state index is 0.937. The van der Waals surface area contributed by atoms with Crippen LogP contribution < -0.4 is 5.32 Å². The van der Waals surface area contributed by atoms with Gasteiger partial charge < -0.3 is 5.32 Å². The van der Waals surface area contributed by atoms with Crippen LogP contribution in [0.5, 0.6) is 0 Å². The number of halogens is 1. The molecule has 2 rings (SSSR count). The summed E-state index contributed by atoms with van der Waals surface area (Å²) < 4.78 is 1.19. The van der Waals surface area contributed by atoms with E-state index in [2.05, 4.69) is 44.6 Å². The summed E-state index contributed by atoms with van der Waals surface area (Å²) in [5.41, 5.74) is 1.34. The quantitative estimate of drug-likeness (QED) is 0.852. The van der Waals surface area contributed by atoms with E-state index >= 15 is 0 Å². The molecule has 5 heteroatoms. The molecule has 86 valence electrons. The summed E-state index contributed by atoms with van der Waals surface area (Å²) in [7, 11) is 0. The average Bonchev–Trinajstić information content (AvgIpc) is 2.83. The second-order valence-electron chi connectivity index (χ2n) is 3.55. The highest BCUT2D eigenvalue weighted by Crippen LogP contribution is 2.20. The van der Waals surface area contributed by atoms with Gasteiger partial charge in [-0.15, -0.1) is 22.7 Å². The van der Waals surface area contributed by atoms with Crippen molar-refractivity contribution < 1.29 is 0 Å². The first-order valence-electron chi connectivity index (χ1n) is 5.09. The van der Waals surface area contributed by atoms with Gasteiger partial charge in [-0.1, -0.05) is 0 Å². The first kappa shape index (κ1) is 12.2. The first-order valence-corrected chi connectivity index (χ1v) is 7.58. The second-order valence-corrected chi connectivity index (χ2v) is 7.16. The maximum atomic E-state index is 4.34. The first-order chi connectivity index (χ1) is 7.74. The van der Waals surface area contributed by atoms with E-state index in [-0.39, 0.29) is 0 Å². The third-order valence-electron chi connectivity index (χ3n) is 2.14. The number of nitrogens with one attached hydrogen (secondary N) is 1. The fraction of sp³-hybridized carbons (Fsp3) is 0.364. The Labute approximate surface area is 112 Å². The summed E-state index contributed by atoms with van der Waals surface area (Å²) in [5.74, 6) is 0. The number of rotatable bonds is 5. The minimum Gasteiger partial charge on any atom is -0.312 e. The summed E-state index contributed by atoms with van der Waals surface area (Å²) in [5, 5.41) is 6.82. The molecule has 0 saturated carbocycles. The van der Waals surface area contributed by atoms with E-state index in [9.17, 15) is 0 Å². The lowest BCUT2D eigenvalue weighted by Gasteiger charge is -2.00. The van der Waals surface area contributed by atoms with Gasteiger partial charge in [-0.3, -0.25) is 0 Å². The van der Waals surface area contributed by atoms with E-state index in [4.69, 9.17) is 0 Å². The van der Waals surface area contributed by atoms with E-state index < -0.39 is 0 Å². The third kappa shape index (κ3) is 3.66. The summed E-state index contributed by atoms with van der Waals surface area (Å²) in [4.78, 5) is 5.63. The van der Waals surface area contributed by atoms with Gasteiger partial charge in [0.1, 0.15) is 0 Å². The van der Waals surface area contributed by atoms with E-state index in [1.54, 1.807) is 22.7 Å². The van der Waals surface area contributed by atoms with Crippen molar-refractivity contribution >= 4 is 38.6 Å². The van der Waals surface area contributed by atoms with Crippen molar-refractivity contribution in [3.8, 4) is 0 Å². The fourth-order valence-electron chi connectivity index (χ4n) is 1.38. The summed E-state index contributed by atoms with van der Waals surface area (Å²) in [6.45, 7) is 4.02. The van der Waals surface area contributed by atoms with Crippen molar-refractivity contribution in [1.82, 2.24) is 10.3 Å². The topological polar surface area (TPSA) is 24.9 Å². The molecule has 16 heavy (non-hydrogen) atoms. The van der Waals surface area contributed by atoms with Crippen LogP contribution in [0.15, 0.2) is 21.4 Å². The van der Waals surface area contributed by atoms with Crippen molar-refractivity contribution in [3.63, 3.8) is 0 Å². The lowest BCUT2D eigenvalue weighted by molar-refractivity contribution is 0.686. The largest absolute Gasteiger partial charge is 0.312 e. The molecule has 0 aliphatic heterocycles. The molecule has 0 fully saturated rings. The zero-order valence-corrected chi connectivity index (χ0v) is 12.2. The monoisotopic (exact) mass is 316 g/mol. The molecule has 0 aliphatic carbocycles. The molecule has 0 aromatic carbocycles. The molecule has 0 bridgehead atoms. The Bertz CT molecular complexity index is 408. The Kier molecular flexibility index (Phi) is 4.52. The number of thiazole rings is 1. The molecule has 0 unspecified atom stereocenters. The SMILES string of the molecule is Cc1cnc(CCNCc2csc(Br)c2)s1.